The van der Waals surface area contributed by atoms with Crippen LogP contribution in [0.4, 0.5) is 0 Å². The van der Waals surface area contributed by atoms with Gasteiger partial charge in [-0.1, -0.05) is 215 Å². The highest BCUT2D eigenvalue weighted by atomic mass is 32.1. The van der Waals surface area contributed by atoms with Crippen LogP contribution in [0.15, 0.2) is 224 Å². The Hall–Kier alpha value is -7.39. The molecule has 9 aromatic rings. The van der Waals surface area contributed by atoms with Crippen LogP contribution in [0.1, 0.15) is 65.1 Å². The normalized spacial score (nSPS) is 15.5. The molecule has 2 heteroatoms. The fourth-order valence-corrected chi connectivity index (χ4v) is 11.0. The van der Waals surface area contributed by atoms with Crippen molar-refractivity contribution in [2.75, 3.05) is 0 Å². The van der Waals surface area contributed by atoms with E-state index in [9.17, 15) is 0 Å². The van der Waals surface area contributed by atoms with Gasteiger partial charge in [0.15, 0.2) is 0 Å². The van der Waals surface area contributed by atoms with Crippen molar-refractivity contribution in [2.24, 2.45) is 5.92 Å². The summed E-state index contributed by atoms with van der Waals surface area (Å²) in [6, 6.07) is 68.8. The van der Waals surface area contributed by atoms with Crippen LogP contribution in [-0.2, 0) is 5.41 Å². The van der Waals surface area contributed by atoms with Crippen molar-refractivity contribution >= 4 is 38.8 Å². The quantitative estimate of drug-likeness (QED) is 0.133. The van der Waals surface area contributed by atoms with Crippen molar-refractivity contribution in [1.82, 2.24) is 4.98 Å². The summed E-state index contributed by atoms with van der Waals surface area (Å²) in [6.07, 6.45) is 10.7. The number of hydrogen-bond donors (Lipinski definition) is 0. The lowest BCUT2D eigenvalue weighted by atomic mass is 9.75. The number of hydrogen-bond acceptors (Lipinski definition) is 2. The number of benzene rings is 8. The van der Waals surface area contributed by atoms with E-state index in [1.54, 1.807) is 11.3 Å². The molecule has 1 aromatic heterocycles. The van der Waals surface area contributed by atoms with Crippen LogP contribution in [0.25, 0.3) is 71.9 Å². The molecule has 0 N–H and O–H groups in total. The summed E-state index contributed by atoms with van der Waals surface area (Å²) >= 11 is 1.70. The summed E-state index contributed by atoms with van der Waals surface area (Å²) in [7, 11) is 0. The third-order valence-corrected chi connectivity index (χ3v) is 14.8. The molecular weight excluding hydrogens is 815 g/mol. The number of aryl methyl sites for hydroxylation is 1. The van der Waals surface area contributed by atoms with Gasteiger partial charge in [-0.25, -0.2) is 4.98 Å². The molecule has 2 unspecified atom stereocenters. The first-order valence-electron chi connectivity index (χ1n) is 23.1. The summed E-state index contributed by atoms with van der Waals surface area (Å²) in [6.45, 7) is 11.8. The van der Waals surface area contributed by atoms with Gasteiger partial charge in [-0.05, 0) is 132 Å². The molecule has 2 aliphatic rings. The van der Waals surface area contributed by atoms with Gasteiger partial charge in [-0.2, -0.15) is 0 Å². The molecule has 0 aliphatic heterocycles. The van der Waals surface area contributed by atoms with Gasteiger partial charge in [-0.3, -0.25) is 0 Å². The Morgan fingerprint density at radius 1 is 0.621 bits per heavy atom. The molecule has 0 saturated heterocycles. The second-order valence-electron chi connectivity index (χ2n) is 18.4. The summed E-state index contributed by atoms with van der Waals surface area (Å²) in [4.78, 5) is 4.69. The van der Waals surface area contributed by atoms with Gasteiger partial charge in [0.05, 0.1) is 15.7 Å². The Kier molecular flexibility index (Phi) is 10.8. The van der Waals surface area contributed by atoms with Gasteiger partial charge in [0, 0.05) is 17.3 Å². The Bertz CT molecular complexity index is 3360. The molecule has 0 saturated carbocycles. The lowest BCUT2D eigenvalue weighted by Crippen LogP contribution is -2.18. The topological polar surface area (TPSA) is 12.9 Å². The van der Waals surface area contributed by atoms with E-state index in [0.29, 0.717) is 0 Å². The molecule has 66 heavy (non-hydrogen) atoms. The maximum absolute atomic E-state index is 4.83. The number of rotatable bonds is 10. The third kappa shape index (κ3) is 7.72. The summed E-state index contributed by atoms with van der Waals surface area (Å²) in [5.41, 5.74) is 25.5. The highest BCUT2D eigenvalue weighted by Gasteiger charge is 2.40. The summed E-state index contributed by atoms with van der Waals surface area (Å²) in [5, 5.41) is 0. The van der Waals surface area contributed by atoms with Gasteiger partial charge >= 0.3 is 0 Å². The van der Waals surface area contributed by atoms with Gasteiger partial charge < -0.3 is 0 Å². The van der Waals surface area contributed by atoms with Crippen LogP contribution in [0.2, 0.25) is 0 Å². The molecule has 2 atom stereocenters. The molecule has 1 nitrogen and oxygen atoms in total. The van der Waals surface area contributed by atoms with E-state index in [0.717, 1.165) is 11.9 Å². The fourth-order valence-electron chi connectivity index (χ4n) is 10.3. The number of allylic oxidation sites excluding steroid dienone is 6. The zero-order valence-electron chi connectivity index (χ0n) is 37.7. The first-order chi connectivity index (χ1) is 32.3. The lowest BCUT2D eigenvalue weighted by Gasteiger charge is -2.28. The minimum Gasteiger partial charge on any atom is -0.245 e. The molecule has 11 rings (SSSR count). The van der Waals surface area contributed by atoms with Gasteiger partial charge in [0.2, 0.25) is 0 Å². The molecule has 2 aliphatic carbocycles. The number of thiazole rings is 1. The van der Waals surface area contributed by atoms with Crippen LogP contribution in [0, 0.1) is 12.8 Å². The maximum atomic E-state index is 4.83. The van der Waals surface area contributed by atoms with E-state index >= 15 is 0 Å². The van der Waals surface area contributed by atoms with E-state index in [2.05, 4.69) is 233 Å². The monoisotopic (exact) mass is 865 g/mol. The molecule has 0 fully saturated rings. The van der Waals surface area contributed by atoms with Crippen molar-refractivity contribution in [3.05, 3.63) is 263 Å². The molecule has 1 heterocycles. The van der Waals surface area contributed by atoms with Crippen LogP contribution in [-0.4, -0.2) is 4.98 Å². The largest absolute Gasteiger partial charge is 0.245 e. The minimum absolute atomic E-state index is 0.0642. The van der Waals surface area contributed by atoms with Crippen molar-refractivity contribution in [1.29, 1.82) is 0 Å². The fraction of sp³-hybridized carbons (Fsp3) is 0.109. The average Bonchev–Trinajstić information content (AvgIpc) is 3.93. The van der Waals surface area contributed by atoms with E-state index < -0.39 is 0 Å². The summed E-state index contributed by atoms with van der Waals surface area (Å²) in [5.74, 6) is 0.257. The Morgan fingerprint density at radius 2 is 1.23 bits per heavy atom. The first kappa shape index (κ1) is 41.3. The van der Waals surface area contributed by atoms with E-state index in [4.69, 9.17) is 11.6 Å². The van der Waals surface area contributed by atoms with E-state index in [1.165, 1.54) is 105 Å². The highest BCUT2D eigenvalue weighted by Crippen LogP contribution is 2.54. The zero-order chi connectivity index (χ0) is 44.8. The SMILES string of the molecule is C=C(c1cc2scnc2cc1-c1ccccc1C)C1C=C2C(=CC1)c1ccc(/C=C/C(c3ccc(-c4ccccc4)cc3)c3ccc(-c4cccc(-c5ccccc5)c4)cc3)cc1C2(C)C. The zero-order valence-corrected chi connectivity index (χ0v) is 38.5. The van der Waals surface area contributed by atoms with Crippen LogP contribution >= 0.6 is 11.3 Å². The van der Waals surface area contributed by atoms with Crippen LogP contribution in [0.5, 0.6) is 0 Å². The summed E-state index contributed by atoms with van der Waals surface area (Å²) < 4.78 is 1.20. The van der Waals surface area contributed by atoms with Gasteiger partial charge in [0.25, 0.3) is 0 Å². The van der Waals surface area contributed by atoms with Gasteiger partial charge in [0.1, 0.15) is 0 Å². The van der Waals surface area contributed by atoms with Gasteiger partial charge in [-0.15, -0.1) is 11.3 Å². The molecule has 318 valence electrons. The minimum atomic E-state index is -0.162. The average molecular weight is 866 g/mol. The Labute approximate surface area is 393 Å². The number of aromatic nitrogens is 1. The van der Waals surface area contributed by atoms with Crippen molar-refractivity contribution < 1.29 is 0 Å². The second-order valence-corrected chi connectivity index (χ2v) is 19.3. The standard InChI is InChI=1S/C64H51NS/c1-42-14-11-12-21-54(42)59-39-62-63(66-41-65-62)40-58(59)43(2)51-32-35-57-56-34-23-44(36-60(56)64(3,4)61(57)38-51)22-33-55(49-28-24-47(25-29-49)45-15-7-5-8-16-45)50-30-26-48(27-31-50)53-20-13-19-52(37-53)46-17-9-6-10-18-46/h5-31,33-41,51,55H,2,32H2,1,3-4H3/b33-22+. The lowest BCUT2D eigenvalue weighted by molar-refractivity contribution is 0.646. The third-order valence-electron chi connectivity index (χ3n) is 14.0. The van der Waals surface area contributed by atoms with Crippen molar-refractivity contribution in [3.8, 4) is 44.5 Å². The number of fused-ring (bicyclic) bond motifs is 4. The van der Waals surface area contributed by atoms with Crippen molar-refractivity contribution in [2.45, 2.75) is 38.5 Å². The smallest absolute Gasteiger partial charge is 0.0818 e. The van der Waals surface area contributed by atoms with Crippen molar-refractivity contribution in [3.63, 3.8) is 0 Å². The highest BCUT2D eigenvalue weighted by molar-refractivity contribution is 7.16. The van der Waals surface area contributed by atoms with E-state index in [1.807, 2.05) is 5.51 Å². The molecule has 0 bridgehead atoms. The van der Waals surface area contributed by atoms with Crippen LogP contribution < -0.4 is 0 Å². The van der Waals surface area contributed by atoms with E-state index in [-0.39, 0.29) is 17.3 Å². The predicted molar refractivity (Wildman–Crippen MR) is 283 cm³/mol. The first-order valence-corrected chi connectivity index (χ1v) is 24.0. The maximum Gasteiger partial charge on any atom is 0.0818 e. The molecule has 0 spiro atoms. The molecule has 0 radical (unpaired) electrons. The molecule has 8 aromatic carbocycles. The van der Waals surface area contributed by atoms with Crippen LogP contribution in [0.3, 0.4) is 0 Å². The number of nitrogens with zero attached hydrogens (tertiary/aromatic N) is 1. The second kappa shape index (κ2) is 17.2. The molecule has 0 amide bonds. The Morgan fingerprint density at radius 3 is 1.91 bits per heavy atom. The Balaban J connectivity index is 0.904. The molecular formula is C64H51NS. The predicted octanol–water partition coefficient (Wildman–Crippen LogP) is 17.5.